The van der Waals surface area contributed by atoms with E-state index in [-0.39, 0.29) is 12.1 Å². The summed E-state index contributed by atoms with van der Waals surface area (Å²) in [4.78, 5) is 12.7. The molecular weight excluding hydrogens is 166 g/mol. The normalized spacial score (nSPS) is 21.8. The summed E-state index contributed by atoms with van der Waals surface area (Å²) >= 11 is 0. The van der Waals surface area contributed by atoms with Crippen LogP contribution in [0, 0.1) is 0 Å². The van der Waals surface area contributed by atoms with E-state index in [0.717, 1.165) is 5.56 Å². The van der Waals surface area contributed by atoms with Crippen LogP contribution in [0.1, 0.15) is 11.6 Å². The summed E-state index contributed by atoms with van der Waals surface area (Å²) in [6.45, 7) is 0.458. The number of rotatable bonds is 1. The number of carbonyl (C=O) groups is 1. The fraction of sp³-hybridized carbons (Fsp3) is 0.300. The van der Waals surface area contributed by atoms with Crippen molar-refractivity contribution in [2.75, 3.05) is 13.7 Å². The lowest BCUT2D eigenvalue weighted by atomic mass is 10.1. The Morgan fingerprint density at radius 1 is 1.38 bits per heavy atom. The van der Waals surface area contributed by atoms with Gasteiger partial charge in [-0.25, -0.2) is 4.79 Å². The Balaban J connectivity index is 2.24. The standard InChI is InChI=1S/C10H11NO2/c1-11-9(7-13-10(11)12)8-5-3-2-4-6-8/h2-6,9H,7H2,1H3/t9-/m0/s1. The lowest BCUT2D eigenvalue weighted by Gasteiger charge is -2.15. The van der Waals surface area contributed by atoms with Crippen molar-refractivity contribution in [3.8, 4) is 0 Å². The molecule has 1 aromatic rings. The molecule has 1 atom stereocenters. The highest BCUT2D eigenvalue weighted by Crippen LogP contribution is 2.25. The quantitative estimate of drug-likeness (QED) is 0.654. The van der Waals surface area contributed by atoms with Crippen molar-refractivity contribution in [3.05, 3.63) is 35.9 Å². The van der Waals surface area contributed by atoms with Crippen molar-refractivity contribution in [3.63, 3.8) is 0 Å². The Morgan fingerprint density at radius 2 is 2.08 bits per heavy atom. The minimum Gasteiger partial charge on any atom is -0.447 e. The van der Waals surface area contributed by atoms with Gasteiger partial charge in [0, 0.05) is 7.05 Å². The predicted molar refractivity (Wildman–Crippen MR) is 48.3 cm³/mol. The Labute approximate surface area is 76.9 Å². The summed E-state index contributed by atoms with van der Waals surface area (Å²) < 4.78 is 4.92. The van der Waals surface area contributed by atoms with Crippen molar-refractivity contribution in [2.45, 2.75) is 6.04 Å². The second-order valence-corrected chi connectivity index (χ2v) is 3.11. The summed E-state index contributed by atoms with van der Waals surface area (Å²) in [7, 11) is 1.76. The van der Waals surface area contributed by atoms with Gasteiger partial charge in [-0.05, 0) is 5.56 Å². The van der Waals surface area contributed by atoms with Crippen LogP contribution in [0.25, 0.3) is 0 Å². The van der Waals surface area contributed by atoms with Crippen LogP contribution in [-0.4, -0.2) is 24.6 Å². The van der Waals surface area contributed by atoms with Gasteiger partial charge in [0.25, 0.3) is 0 Å². The first kappa shape index (κ1) is 8.10. The van der Waals surface area contributed by atoms with Gasteiger partial charge in [0.05, 0.1) is 6.04 Å². The van der Waals surface area contributed by atoms with Gasteiger partial charge in [0.15, 0.2) is 0 Å². The first-order valence-corrected chi connectivity index (χ1v) is 4.23. The minimum absolute atomic E-state index is 0.0775. The third kappa shape index (κ3) is 1.37. The zero-order valence-corrected chi connectivity index (χ0v) is 7.43. The monoisotopic (exact) mass is 177 g/mol. The number of amides is 1. The van der Waals surface area contributed by atoms with Gasteiger partial charge >= 0.3 is 6.09 Å². The van der Waals surface area contributed by atoms with Crippen LogP contribution in [0.3, 0.4) is 0 Å². The topological polar surface area (TPSA) is 29.5 Å². The third-order valence-corrected chi connectivity index (χ3v) is 2.30. The van der Waals surface area contributed by atoms with Crippen molar-refractivity contribution < 1.29 is 9.53 Å². The summed E-state index contributed by atoms with van der Waals surface area (Å²) in [5.41, 5.74) is 1.12. The van der Waals surface area contributed by atoms with Gasteiger partial charge in [0.1, 0.15) is 6.61 Å². The molecule has 0 radical (unpaired) electrons. The van der Waals surface area contributed by atoms with Crippen LogP contribution in [0.5, 0.6) is 0 Å². The first-order chi connectivity index (χ1) is 6.29. The van der Waals surface area contributed by atoms with E-state index in [1.54, 1.807) is 11.9 Å². The predicted octanol–water partition coefficient (Wildman–Crippen LogP) is 1.81. The van der Waals surface area contributed by atoms with E-state index in [0.29, 0.717) is 6.61 Å². The largest absolute Gasteiger partial charge is 0.447 e. The maximum Gasteiger partial charge on any atom is 0.410 e. The molecule has 3 heteroatoms. The molecule has 0 N–H and O–H groups in total. The number of ether oxygens (including phenoxy) is 1. The SMILES string of the molecule is CN1C(=O)OC[C@H]1c1ccccc1. The minimum atomic E-state index is -0.242. The summed E-state index contributed by atoms with van der Waals surface area (Å²) in [6, 6.07) is 9.97. The van der Waals surface area contributed by atoms with Crippen LogP contribution < -0.4 is 0 Å². The molecule has 68 valence electrons. The van der Waals surface area contributed by atoms with Crippen molar-refractivity contribution in [1.29, 1.82) is 0 Å². The fourth-order valence-corrected chi connectivity index (χ4v) is 1.49. The molecule has 0 aliphatic carbocycles. The second-order valence-electron chi connectivity index (χ2n) is 3.11. The van der Waals surface area contributed by atoms with Crippen LogP contribution in [0.4, 0.5) is 4.79 Å². The average molecular weight is 177 g/mol. The second kappa shape index (κ2) is 3.09. The maximum absolute atomic E-state index is 11.1. The Hall–Kier alpha value is -1.51. The summed E-state index contributed by atoms with van der Waals surface area (Å²) in [6.07, 6.45) is -0.242. The van der Waals surface area contributed by atoms with Crippen LogP contribution in [0.2, 0.25) is 0 Å². The third-order valence-electron chi connectivity index (χ3n) is 2.30. The van der Waals surface area contributed by atoms with E-state index in [4.69, 9.17) is 4.74 Å². The average Bonchev–Trinajstić information content (AvgIpc) is 2.49. The molecule has 1 amide bonds. The lowest BCUT2D eigenvalue weighted by Crippen LogP contribution is -2.22. The van der Waals surface area contributed by atoms with Gasteiger partial charge in [-0.3, -0.25) is 0 Å². The van der Waals surface area contributed by atoms with Crippen LogP contribution in [-0.2, 0) is 4.74 Å². The van der Waals surface area contributed by atoms with E-state index in [1.165, 1.54) is 0 Å². The van der Waals surface area contributed by atoms with Gasteiger partial charge in [0.2, 0.25) is 0 Å². The fourth-order valence-electron chi connectivity index (χ4n) is 1.49. The molecule has 1 fully saturated rings. The highest BCUT2D eigenvalue weighted by molar-refractivity contribution is 5.70. The zero-order chi connectivity index (χ0) is 9.26. The summed E-state index contributed by atoms with van der Waals surface area (Å²) in [5, 5.41) is 0. The maximum atomic E-state index is 11.1. The van der Waals surface area contributed by atoms with E-state index in [1.807, 2.05) is 30.3 Å². The molecule has 2 rings (SSSR count). The molecule has 0 spiro atoms. The van der Waals surface area contributed by atoms with Crippen LogP contribution >= 0.6 is 0 Å². The summed E-state index contributed by atoms with van der Waals surface area (Å²) in [5.74, 6) is 0. The highest BCUT2D eigenvalue weighted by atomic mass is 16.6. The molecule has 0 saturated carbocycles. The number of cyclic esters (lactones) is 1. The molecule has 1 heterocycles. The van der Waals surface area contributed by atoms with E-state index in [2.05, 4.69) is 0 Å². The molecule has 13 heavy (non-hydrogen) atoms. The Morgan fingerprint density at radius 3 is 2.62 bits per heavy atom. The van der Waals surface area contributed by atoms with Gasteiger partial charge in [-0.15, -0.1) is 0 Å². The van der Waals surface area contributed by atoms with E-state index in [9.17, 15) is 4.79 Å². The smallest absolute Gasteiger partial charge is 0.410 e. The number of carbonyl (C=O) groups excluding carboxylic acids is 1. The van der Waals surface area contributed by atoms with Gasteiger partial charge in [-0.1, -0.05) is 30.3 Å². The molecule has 0 unspecified atom stereocenters. The Kier molecular flexibility index (Phi) is 1.93. The molecule has 1 aliphatic heterocycles. The number of likely N-dealkylation sites (N-methyl/N-ethyl adjacent to an activating group) is 1. The van der Waals surface area contributed by atoms with Crippen molar-refractivity contribution in [1.82, 2.24) is 4.90 Å². The van der Waals surface area contributed by atoms with Crippen molar-refractivity contribution in [2.24, 2.45) is 0 Å². The molecule has 3 nitrogen and oxygen atoms in total. The van der Waals surface area contributed by atoms with Gasteiger partial charge < -0.3 is 9.64 Å². The van der Waals surface area contributed by atoms with Crippen LogP contribution in [0.15, 0.2) is 30.3 Å². The van der Waals surface area contributed by atoms with E-state index < -0.39 is 0 Å². The molecule has 0 aromatic heterocycles. The Bertz CT molecular complexity index is 310. The molecule has 1 aliphatic rings. The molecule has 1 aromatic carbocycles. The lowest BCUT2D eigenvalue weighted by molar-refractivity contribution is 0.163. The first-order valence-electron chi connectivity index (χ1n) is 4.23. The zero-order valence-electron chi connectivity index (χ0n) is 7.43. The number of hydrogen-bond donors (Lipinski definition) is 0. The number of benzene rings is 1. The number of nitrogens with zero attached hydrogens (tertiary/aromatic N) is 1. The van der Waals surface area contributed by atoms with E-state index >= 15 is 0 Å². The highest BCUT2D eigenvalue weighted by Gasteiger charge is 2.30. The number of hydrogen-bond acceptors (Lipinski definition) is 2. The van der Waals surface area contributed by atoms with Crippen molar-refractivity contribution >= 4 is 6.09 Å². The van der Waals surface area contributed by atoms with Gasteiger partial charge in [-0.2, -0.15) is 0 Å². The molecule has 0 bridgehead atoms. The molecule has 1 saturated heterocycles. The molecular formula is C10H11NO2.